The van der Waals surface area contributed by atoms with Crippen molar-refractivity contribution in [2.75, 3.05) is 6.61 Å². The molecule has 3 aromatic carbocycles. The molecule has 40 heavy (non-hydrogen) atoms. The largest absolute Gasteiger partial charge is 0.407 e. The molecule has 5 rings (SSSR count). The summed E-state index contributed by atoms with van der Waals surface area (Å²) in [5.74, 6) is -0.553. The Balaban J connectivity index is 1.41. The summed E-state index contributed by atoms with van der Waals surface area (Å²) in [5.41, 5.74) is -0.980. The smallest absolute Gasteiger partial charge is 0.338 e. The molecule has 4 aromatic rings. The molecule has 0 spiro atoms. The topological polar surface area (TPSA) is 70.3 Å². The molecule has 0 unspecified atom stereocenters. The van der Waals surface area contributed by atoms with Gasteiger partial charge in [0.05, 0.1) is 6.04 Å². The van der Waals surface area contributed by atoms with Crippen LogP contribution in [0.3, 0.4) is 0 Å². The Bertz CT molecular complexity index is 1580. The molecule has 1 aliphatic carbocycles. The van der Waals surface area contributed by atoms with E-state index in [1.165, 1.54) is 27.2 Å². The van der Waals surface area contributed by atoms with Gasteiger partial charge in [0, 0.05) is 30.4 Å². The Labute approximate surface area is 235 Å². The number of nitrogens with zero attached hydrogens (tertiary/aromatic N) is 2. The predicted octanol–water partition coefficient (Wildman–Crippen LogP) is 4.39. The maximum absolute atomic E-state index is 13.4. The minimum absolute atomic E-state index is 0.0729. The lowest BCUT2D eigenvalue weighted by Crippen LogP contribution is -2.66. The zero-order valence-corrected chi connectivity index (χ0v) is 24.1. The zero-order valence-electron chi connectivity index (χ0n) is 23.1. The monoisotopic (exact) mass is 550 g/mol. The van der Waals surface area contributed by atoms with E-state index in [0.717, 1.165) is 4.57 Å². The minimum Gasteiger partial charge on any atom is -0.407 e. The fraction of sp³-hybridized carbons (Fsp3) is 0.242. The van der Waals surface area contributed by atoms with Gasteiger partial charge in [0.15, 0.2) is 0 Å². The summed E-state index contributed by atoms with van der Waals surface area (Å²) in [4.78, 5) is 38.9. The van der Waals surface area contributed by atoms with Gasteiger partial charge in [0.1, 0.15) is 0 Å². The normalized spacial score (nSPS) is 17.2. The van der Waals surface area contributed by atoms with E-state index < -0.39 is 25.5 Å². The van der Waals surface area contributed by atoms with E-state index in [0.29, 0.717) is 13.0 Å². The Hall–Kier alpha value is -4.07. The second-order valence-electron chi connectivity index (χ2n) is 11.3. The molecule has 0 N–H and O–H groups in total. The third-order valence-corrected chi connectivity index (χ3v) is 12.7. The molecule has 6 nitrogen and oxygen atoms in total. The molecule has 0 fully saturated rings. The third kappa shape index (κ3) is 5.10. The van der Waals surface area contributed by atoms with E-state index in [9.17, 15) is 14.4 Å². The average Bonchev–Trinajstić information content (AvgIpc) is 3.43. The van der Waals surface area contributed by atoms with Crippen molar-refractivity contribution >= 4 is 24.6 Å². The molecule has 7 heteroatoms. The van der Waals surface area contributed by atoms with Crippen LogP contribution in [-0.2, 0) is 4.43 Å². The SMILES string of the molecule is CC(C)(C)[Si](OC[C@@H]1C=C[C@H](n2ccc(=O)n(C(=O)c3ccccc3)c2=O)C1)(c1ccccc1)c1ccccc1. The fourth-order valence-electron chi connectivity index (χ4n) is 5.72. The van der Waals surface area contributed by atoms with Crippen LogP contribution in [0.4, 0.5) is 0 Å². The van der Waals surface area contributed by atoms with E-state index in [1.807, 2.05) is 18.2 Å². The van der Waals surface area contributed by atoms with Crippen molar-refractivity contribution in [2.45, 2.75) is 38.3 Å². The van der Waals surface area contributed by atoms with Crippen molar-refractivity contribution in [3.05, 3.63) is 142 Å². The van der Waals surface area contributed by atoms with Crippen LogP contribution in [-0.4, -0.2) is 30.0 Å². The number of allylic oxidation sites excluding steroid dienone is 1. The Morgan fingerprint density at radius 1 is 0.825 bits per heavy atom. The lowest BCUT2D eigenvalue weighted by Gasteiger charge is -2.43. The molecule has 1 aromatic heterocycles. The molecule has 0 amide bonds. The summed E-state index contributed by atoms with van der Waals surface area (Å²) in [6.07, 6.45) is 6.18. The van der Waals surface area contributed by atoms with E-state index >= 15 is 0 Å². The van der Waals surface area contributed by atoms with Crippen molar-refractivity contribution in [1.82, 2.24) is 9.13 Å². The second kappa shape index (κ2) is 11.2. The Morgan fingerprint density at radius 2 is 1.38 bits per heavy atom. The summed E-state index contributed by atoms with van der Waals surface area (Å²) < 4.78 is 9.29. The van der Waals surface area contributed by atoms with E-state index in [4.69, 9.17) is 4.43 Å². The first kappa shape index (κ1) is 27.5. The fourth-order valence-corrected chi connectivity index (χ4v) is 10.3. The number of hydrogen-bond donors (Lipinski definition) is 0. The number of carbonyl (C=O) groups excluding carboxylic acids is 1. The lowest BCUT2D eigenvalue weighted by molar-refractivity contribution is 0.0948. The van der Waals surface area contributed by atoms with Crippen LogP contribution >= 0.6 is 0 Å². The van der Waals surface area contributed by atoms with Crippen molar-refractivity contribution < 1.29 is 9.22 Å². The molecule has 2 atom stereocenters. The summed E-state index contributed by atoms with van der Waals surface area (Å²) in [6.45, 7) is 7.24. The van der Waals surface area contributed by atoms with Gasteiger partial charge in [0.2, 0.25) is 0 Å². The lowest BCUT2D eigenvalue weighted by atomic mass is 10.1. The van der Waals surface area contributed by atoms with E-state index in [-0.39, 0.29) is 22.6 Å². The number of aromatic nitrogens is 2. The average molecular weight is 551 g/mol. The van der Waals surface area contributed by atoms with Crippen LogP contribution in [0.15, 0.2) is 125 Å². The number of benzene rings is 3. The highest BCUT2D eigenvalue weighted by atomic mass is 28.4. The number of hydrogen-bond acceptors (Lipinski definition) is 4. The first-order valence-corrected chi connectivity index (χ1v) is 15.5. The molecular weight excluding hydrogens is 516 g/mol. The molecule has 1 heterocycles. The number of rotatable bonds is 7. The molecule has 0 bridgehead atoms. The van der Waals surface area contributed by atoms with Gasteiger partial charge < -0.3 is 4.43 Å². The highest BCUT2D eigenvalue weighted by Crippen LogP contribution is 2.38. The van der Waals surface area contributed by atoms with Crippen LogP contribution in [0.2, 0.25) is 5.04 Å². The van der Waals surface area contributed by atoms with Gasteiger partial charge in [-0.2, -0.15) is 4.57 Å². The molecule has 0 radical (unpaired) electrons. The quantitative estimate of drug-likeness (QED) is 0.253. The first-order chi connectivity index (χ1) is 19.2. The van der Waals surface area contributed by atoms with Crippen LogP contribution in [0, 0.1) is 5.92 Å². The van der Waals surface area contributed by atoms with Gasteiger partial charge in [-0.15, -0.1) is 0 Å². The van der Waals surface area contributed by atoms with Gasteiger partial charge in [-0.25, -0.2) is 4.79 Å². The van der Waals surface area contributed by atoms with Gasteiger partial charge in [-0.05, 0) is 34.0 Å². The summed E-state index contributed by atoms with van der Waals surface area (Å²) >= 11 is 0. The van der Waals surface area contributed by atoms with E-state index in [2.05, 4.69) is 75.4 Å². The van der Waals surface area contributed by atoms with Gasteiger partial charge in [-0.3, -0.25) is 14.2 Å². The van der Waals surface area contributed by atoms with Crippen LogP contribution in [0.1, 0.15) is 43.6 Å². The van der Waals surface area contributed by atoms with Crippen LogP contribution < -0.4 is 21.6 Å². The highest BCUT2D eigenvalue weighted by Gasteiger charge is 2.50. The van der Waals surface area contributed by atoms with Crippen molar-refractivity contribution in [2.24, 2.45) is 5.92 Å². The highest BCUT2D eigenvalue weighted by molar-refractivity contribution is 6.99. The standard InChI is InChI=1S/C33H34N2O4Si/c1-33(2,3)40(28-15-9-5-10-16-28,29-17-11-6-12-18-29)39-24-25-19-20-27(23-25)34-22-21-30(36)35(32(34)38)31(37)26-13-7-4-8-14-26/h4-22,25,27H,23-24H2,1-3H3/t25-,27+/m1/s1. The van der Waals surface area contributed by atoms with Crippen molar-refractivity contribution in [3.63, 3.8) is 0 Å². The molecular formula is C33H34N2O4Si. The first-order valence-electron chi connectivity index (χ1n) is 13.6. The van der Waals surface area contributed by atoms with Crippen LogP contribution in [0.25, 0.3) is 0 Å². The van der Waals surface area contributed by atoms with Crippen molar-refractivity contribution in [3.8, 4) is 0 Å². The summed E-state index contributed by atoms with van der Waals surface area (Å²) in [7, 11) is -2.69. The summed E-state index contributed by atoms with van der Waals surface area (Å²) in [5, 5.41) is 2.30. The molecule has 0 saturated heterocycles. The Kier molecular flexibility index (Phi) is 7.69. The Morgan fingerprint density at radius 3 is 1.93 bits per heavy atom. The van der Waals surface area contributed by atoms with E-state index in [1.54, 1.807) is 30.3 Å². The minimum atomic E-state index is -2.69. The zero-order chi connectivity index (χ0) is 28.3. The maximum Gasteiger partial charge on any atom is 0.338 e. The molecule has 0 saturated carbocycles. The number of carbonyl (C=O) groups is 1. The van der Waals surface area contributed by atoms with Gasteiger partial charge in [-0.1, -0.05) is 112 Å². The maximum atomic E-state index is 13.4. The molecule has 204 valence electrons. The van der Waals surface area contributed by atoms with Gasteiger partial charge in [0.25, 0.3) is 19.8 Å². The third-order valence-electron chi connectivity index (χ3n) is 7.67. The predicted molar refractivity (Wildman–Crippen MR) is 161 cm³/mol. The van der Waals surface area contributed by atoms with Crippen molar-refractivity contribution in [1.29, 1.82) is 0 Å². The molecule has 1 aliphatic rings. The van der Waals surface area contributed by atoms with Gasteiger partial charge >= 0.3 is 5.69 Å². The van der Waals surface area contributed by atoms with Crippen LogP contribution in [0.5, 0.6) is 0 Å². The molecule has 0 aliphatic heterocycles. The second-order valence-corrected chi connectivity index (χ2v) is 15.6. The summed E-state index contributed by atoms with van der Waals surface area (Å²) in [6, 6.07) is 30.4.